The Labute approximate surface area is 171 Å². The van der Waals surface area contributed by atoms with Crippen molar-refractivity contribution in [2.24, 2.45) is 0 Å². The van der Waals surface area contributed by atoms with Gasteiger partial charge in [0.15, 0.2) is 0 Å². The highest BCUT2D eigenvalue weighted by Gasteiger charge is 2.17. The second kappa shape index (κ2) is 8.62. The number of anilines is 1. The zero-order valence-electron chi connectivity index (χ0n) is 15.5. The molecular formula is C22H17N3O3S. The fourth-order valence-corrected chi connectivity index (χ4v) is 3.13. The zero-order chi connectivity index (χ0) is 20.1. The number of amides is 1. The smallest absolute Gasteiger partial charge is 0.322 e. The third-order valence-corrected chi connectivity index (χ3v) is 4.79. The maximum absolute atomic E-state index is 12.7. The Kier molecular flexibility index (Phi) is 5.58. The van der Waals surface area contributed by atoms with Crippen LogP contribution in [0.3, 0.4) is 0 Å². The first-order valence-electron chi connectivity index (χ1n) is 8.84. The molecule has 0 unspecified atom stereocenters. The number of carbonyl (C=O) groups excluding carboxylic acids is 1. The predicted octanol–water partition coefficient (Wildman–Crippen LogP) is 5.50. The Hall–Kier alpha value is -3.58. The van der Waals surface area contributed by atoms with Crippen LogP contribution in [0, 0.1) is 0 Å². The molecule has 4 aromatic rings. The van der Waals surface area contributed by atoms with E-state index in [2.05, 4.69) is 15.5 Å². The first kappa shape index (κ1) is 18.8. The first-order valence-corrected chi connectivity index (χ1v) is 10.1. The quantitative estimate of drug-likeness (QED) is 0.428. The summed E-state index contributed by atoms with van der Waals surface area (Å²) in [4.78, 5) is 13.8. The predicted molar refractivity (Wildman–Crippen MR) is 112 cm³/mol. The van der Waals surface area contributed by atoms with Crippen LogP contribution >= 0.6 is 11.8 Å². The Bertz CT molecular complexity index is 1130. The standard InChI is InChI=1S/C22H17N3O3S/c1-29-17-11-7-8-15(14-17)21-24-25-22(28-21)23-20(26)18-12-5-6-13-19(18)27-16-9-3-2-4-10-16/h2-14H,1H3,(H,23,25,26). The van der Waals surface area contributed by atoms with Crippen LogP contribution in [-0.2, 0) is 0 Å². The van der Waals surface area contributed by atoms with Gasteiger partial charge in [0, 0.05) is 10.5 Å². The van der Waals surface area contributed by atoms with Crippen molar-refractivity contribution >= 4 is 23.7 Å². The molecule has 0 aliphatic carbocycles. The van der Waals surface area contributed by atoms with E-state index >= 15 is 0 Å². The van der Waals surface area contributed by atoms with E-state index < -0.39 is 5.91 Å². The highest BCUT2D eigenvalue weighted by atomic mass is 32.2. The van der Waals surface area contributed by atoms with Gasteiger partial charge in [0.2, 0.25) is 5.89 Å². The van der Waals surface area contributed by atoms with Crippen molar-refractivity contribution < 1.29 is 13.9 Å². The fourth-order valence-electron chi connectivity index (χ4n) is 2.67. The monoisotopic (exact) mass is 403 g/mol. The van der Waals surface area contributed by atoms with Gasteiger partial charge in [-0.1, -0.05) is 41.5 Å². The first-order chi connectivity index (χ1) is 14.2. The van der Waals surface area contributed by atoms with Crippen LogP contribution in [0.5, 0.6) is 11.5 Å². The number of para-hydroxylation sites is 2. The second-order valence-electron chi connectivity index (χ2n) is 6.01. The lowest BCUT2D eigenvalue weighted by Gasteiger charge is -2.10. The molecule has 7 heteroatoms. The highest BCUT2D eigenvalue weighted by molar-refractivity contribution is 7.98. The summed E-state index contributed by atoms with van der Waals surface area (Å²) >= 11 is 1.62. The Morgan fingerprint density at radius 3 is 2.59 bits per heavy atom. The lowest BCUT2D eigenvalue weighted by Crippen LogP contribution is -2.13. The summed E-state index contributed by atoms with van der Waals surface area (Å²) in [6, 6.07) is 24.0. The van der Waals surface area contributed by atoms with Crippen LogP contribution < -0.4 is 10.1 Å². The van der Waals surface area contributed by atoms with Crippen LogP contribution in [0.25, 0.3) is 11.5 Å². The maximum Gasteiger partial charge on any atom is 0.322 e. The Morgan fingerprint density at radius 2 is 1.76 bits per heavy atom. The largest absolute Gasteiger partial charge is 0.457 e. The maximum atomic E-state index is 12.7. The number of ether oxygens (including phenoxy) is 1. The van der Waals surface area contributed by atoms with Crippen LogP contribution in [0.4, 0.5) is 6.01 Å². The van der Waals surface area contributed by atoms with E-state index in [1.807, 2.05) is 60.9 Å². The number of nitrogens with one attached hydrogen (secondary N) is 1. The average Bonchev–Trinajstić information content (AvgIpc) is 3.23. The van der Waals surface area contributed by atoms with E-state index in [9.17, 15) is 4.79 Å². The number of aromatic nitrogens is 2. The number of nitrogens with zero attached hydrogens (tertiary/aromatic N) is 2. The molecule has 1 amide bonds. The summed E-state index contributed by atoms with van der Waals surface area (Å²) in [6.45, 7) is 0. The lowest BCUT2D eigenvalue weighted by molar-refractivity contribution is 0.102. The normalized spacial score (nSPS) is 10.5. The van der Waals surface area contributed by atoms with Gasteiger partial charge in [0.25, 0.3) is 5.91 Å². The number of benzene rings is 3. The zero-order valence-corrected chi connectivity index (χ0v) is 16.3. The minimum absolute atomic E-state index is 0.0223. The molecule has 0 atom stereocenters. The highest BCUT2D eigenvalue weighted by Crippen LogP contribution is 2.27. The summed E-state index contributed by atoms with van der Waals surface area (Å²) in [5, 5.41) is 10.6. The van der Waals surface area contributed by atoms with Gasteiger partial charge < -0.3 is 9.15 Å². The van der Waals surface area contributed by atoms with Gasteiger partial charge >= 0.3 is 6.01 Å². The number of thioether (sulfide) groups is 1. The second-order valence-corrected chi connectivity index (χ2v) is 6.89. The van der Waals surface area contributed by atoms with E-state index in [0.29, 0.717) is 23.0 Å². The molecular weight excluding hydrogens is 386 g/mol. The third kappa shape index (κ3) is 4.47. The number of hydrogen-bond donors (Lipinski definition) is 1. The van der Waals surface area contributed by atoms with Gasteiger partial charge in [0.1, 0.15) is 11.5 Å². The van der Waals surface area contributed by atoms with Gasteiger partial charge in [-0.05, 0) is 48.7 Å². The Morgan fingerprint density at radius 1 is 0.966 bits per heavy atom. The van der Waals surface area contributed by atoms with Gasteiger partial charge in [-0.2, -0.15) is 0 Å². The molecule has 0 saturated heterocycles. The molecule has 1 aromatic heterocycles. The Balaban J connectivity index is 1.52. The third-order valence-electron chi connectivity index (χ3n) is 4.06. The molecule has 0 aliphatic heterocycles. The molecule has 0 fully saturated rings. The summed E-state index contributed by atoms with van der Waals surface area (Å²) in [7, 11) is 0. The van der Waals surface area contributed by atoms with Crippen molar-refractivity contribution in [3.05, 3.63) is 84.4 Å². The summed E-state index contributed by atoms with van der Waals surface area (Å²) in [5.74, 6) is 1.01. The van der Waals surface area contributed by atoms with E-state index in [1.165, 1.54) is 0 Å². The van der Waals surface area contributed by atoms with Gasteiger partial charge in [-0.15, -0.1) is 16.9 Å². The van der Waals surface area contributed by atoms with E-state index in [-0.39, 0.29) is 6.01 Å². The summed E-state index contributed by atoms with van der Waals surface area (Å²) in [6.07, 6.45) is 1.99. The molecule has 0 spiro atoms. The molecule has 6 nitrogen and oxygen atoms in total. The van der Waals surface area contributed by atoms with Crippen molar-refractivity contribution in [3.63, 3.8) is 0 Å². The topological polar surface area (TPSA) is 77.2 Å². The van der Waals surface area contributed by atoms with Crippen molar-refractivity contribution in [1.82, 2.24) is 10.2 Å². The van der Waals surface area contributed by atoms with Crippen LogP contribution in [0.1, 0.15) is 10.4 Å². The molecule has 1 heterocycles. The van der Waals surface area contributed by atoms with Gasteiger partial charge in [0.05, 0.1) is 5.56 Å². The van der Waals surface area contributed by atoms with Crippen molar-refractivity contribution in [3.8, 4) is 23.0 Å². The van der Waals surface area contributed by atoms with Crippen molar-refractivity contribution in [2.45, 2.75) is 4.90 Å². The average molecular weight is 403 g/mol. The van der Waals surface area contributed by atoms with Crippen LogP contribution in [0.2, 0.25) is 0 Å². The van der Waals surface area contributed by atoms with Crippen molar-refractivity contribution in [1.29, 1.82) is 0 Å². The SMILES string of the molecule is CSc1cccc(-c2nnc(NC(=O)c3ccccc3Oc3ccccc3)o2)c1. The van der Waals surface area contributed by atoms with Gasteiger partial charge in [-0.3, -0.25) is 10.1 Å². The van der Waals surface area contributed by atoms with Gasteiger partial charge in [-0.25, -0.2) is 0 Å². The van der Waals surface area contributed by atoms with E-state index in [4.69, 9.17) is 9.15 Å². The summed E-state index contributed by atoms with van der Waals surface area (Å²) < 4.78 is 11.5. The minimum atomic E-state index is -0.399. The van der Waals surface area contributed by atoms with Crippen molar-refractivity contribution in [2.75, 3.05) is 11.6 Å². The van der Waals surface area contributed by atoms with Crippen LogP contribution in [0.15, 0.2) is 88.2 Å². The number of rotatable bonds is 6. The molecule has 0 saturated carbocycles. The van der Waals surface area contributed by atoms with E-state index in [1.54, 1.807) is 36.0 Å². The number of hydrogen-bond acceptors (Lipinski definition) is 6. The van der Waals surface area contributed by atoms with Crippen LogP contribution in [-0.4, -0.2) is 22.4 Å². The number of carbonyl (C=O) groups is 1. The lowest BCUT2D eigenvalue weighted by atomic mass is 10.2. The molecule has 3 aromatic carbocycles. The molecule has 29 heavy (non-hydrogen) atoms. The molecule has 0 aliphatic rings. The molecule has 4 rings (SSSR count). The molecule has 0 bridgehead atoms. The summed E-state index contributed by atoms with van der Waals surface area (Å²) in [5.41, 5.74) is 1.15. The fraction of sp³-hybridized carbons (Fsp3) is 0.0455. The molecule has 144 valence electrons. The molecule has 1 N–H and O–H groups in total. The van der Waals surface area contributed by atoms with E-state index in [0.717, 1.165) is 10.5 Å². The molecule has 0 radical (unpaired) electrons. The minimum Gasteiger partial charge on any atom is -0.457 e.